The summed E-state index contributed by atoms with van der Waals surface area (Å²) in [6, 6.07) is 11.6. The number of sulfone groups is 1. The molecule has 0 radical (unpaired) electrons. The third kappa shape index (κ3) is 5.65. The topological polar surface area (TPSA) is 150 Å². The van der Waals surface area contributed by atoms with E-state index in [0.717, 1.165) is 4.90 Å². The van der Waals surface area contributed by atoms with Gasteiger partial charge in [-0.25, -0.2) is 13.9 Å². The van der Waals surface area contributed by atoms with Crippen molar-refractivity contribution < 1.29 is 37.0 Å². The molecular formula is C25H29N3O8S2. The zero-order chi connectivity index (χ0) is 27.2. The first-order valence-corrected chi connectivity index (χ1v) is 14.6. The Balaban J connectivity index is 1.34. The second kappa shape index (κ2) is 12.2. The van der Waals surface area contributed by atoms with Crippen molar-refractivity contribution in [1.29, 1.82) is 0 Å². The molecule has 1 aromatic heterocycles. The molecule has 11 nitrogen and oxygen atoms in total. The lowest BCUT2D eigenvalue weighted by molar-refractivity contribution is -0.134. The van der Waals surface area contributed by atoms with Crippen molar-refractivity contribution in [2.75, 3.05) is 33.2 Å². The van der Waals surface area contributed by atoms with E-state index in [-0.39, 0.29) is 31.0 Å². The van der Waals surface area contributed by atoms with E-state index in [1.807, 2.05) is 24.5 Å². The van der Waals surface area contributed by atoms with Crippen LogP contribution in [0.5, 0.6) is 11.5 Å². The second-order valence-corrected chi connectivity index (χ2v) is 11.7. The van der Waals surface area contributed by atoms with E-state index in [2.05, 4.69) is 10.2 Å². The van der Waals surface area contributed by atoms with E-state index < -0.39 is 20.5 Å². The normalized spacial score (nSPS) is 15.1. The van der Waals surface area contributed by atoms with E-state index in [9.17, 15) is 13.2 Å². The van der Waals surface area contributed by atoms with Gasteiger partial charge >= 0.3 is 0 Å². The number of methoxy groups -OCH3 is 1. The Kier molecular flexibility index (Phi) is 8.92. The molecule has 0 atom stereocenters. The number of nitrogens with one attached hydrogen (secondary N) is 1. The number of carbonyl (C=O) groups excluding carboxylic acids is 1. The number of hydroxylamine groups is 1. The SMILES string of the molecule is COc1cc(SC)ccc1-c1nnc(CCCOc2ccc(S(=O)(=O)C3(C(=O)NO)CCOCC3)cc2)o1. The Hall–Kier alpha value is -3.13. The lowest BCUT2D eigenvalue weighted by Crippen LogP contribution is -2.54. The molecule has 0 spiro atoms. The maximum Gasteiger partial charge on any atom is 0.265 e. The minimum atomic E-state index is -4.09. The number of thioether (sulfide) groups is 1. The van der Waals surface area contributed by atoms with Gasteiger partial charge in [0.25, 0.3) is 11.8 Å². The van der Waals surface area contributed by atoms with Gasteiger partial charge in [-0.1, -0.05) is 0 Å². The van der Waals surface area contributed by atoms with E-state index in [1.54, 1.807) is 18.9 Å². The molecule has 1 saturated heterocycles. The summed E-state index contributed by atoms with van der Waals surface area (Å²) in [6.45, 7) is 0.546. The zero-order valence-corrected chi connectivity index (χ0v) is 22.6. The molecule has 4 rings (SSSR count). The highest BCUT2D eigenvalue weighted by atomic mass is 32.2. The van der Waals surface area contributed by atoms with Gasteiger partial charge in [0.2, 0.25) is 5.89 Å². The van der Waals surface area contributed by atoms with Crippen molar-refractivity contribution in [2.24, 2.45) is 0 Å². The molecule has 2 heterocycles. The predicted octanol–water partition coefficient (Wildman–Crippen LogP) is 3.31. The van der Waals surface area contributed by atoms with Crippen LogP contribution < -0.4 is 15.0 Å². The third-order valence-electron chi connectivity index (χ3n) is 6.37. The van der Waals surface area contributed by atoms with Gasteiger partial charge in [0.05, 0.1) is 24.2 Å². The molecule has 1 aliphatic rings. The Morgan fingerprint density at radius 2 is 1.89 bits per heavy atom. The molecule has 0 unspecified atom stereocenters. The van der Waals surface area contributed by atoms with Crippen LogP contribution in [-0.2, 0) is 25.8 Å². The van der Waals surface area contributed by atoms with E-state index >= 15 is 0 Å². The number of hydrogen-bond acceptors (Lipinski definition) is 11. The van der Waals surface area contributed by atoms with Gasteiger partial charge in [-0.3, -0.25) is 10.0 Å². The molecule has 2 aromatic carbocycles. The van der Waals surface area contributed by atoms with Crippen molar-refractivity contribution >= 4 is 27.5 Å². The molecule has 38 heavy (non-hydrogen) atoms. The molecule has 1 fully saturated rings. The van der Waals surface area contributed by atoms with Crippen molar-refractivity contribution in [2.45, 2.75) is 40.2 Å². The fourth-order valence-corrected chi connectivity index (χ4v) is 6.58. The average Bonchev–Trinajstić information content (AvgIpc) is 3.43. The fourth-order valence-electron chi connectivity index (χ4n) is 4.21. The quantitative estimate of drug-likeness (QED) is 0.153. The Bertz CT molecular complexity index is 1350. The minimum absolute atomic E-state index is 0.0327. The number of aromatic nitrogens is 2. The number of ether oxygens (including phenoxy) is 3. The molecule has 3 aromatic rings. The van der Waals surface area contributed by atoms with Crippen LogP contribution in [0.2, 0.25) is 0 Å². The van der Waals surface area contributed by atoms with Gasteiger partial charge in [-0.05, 0) is 68.0 Å². The Labute approximate surface area is 224 Å². The summed E-state index contributed by atoms with van der Waals surface area (Å²) in [5, 5.41) is 17.4. The average molecular weight is 564 g/mol. The summed E-state index contributed by atoms with van der Waals surface area (Å²) < 4.78 is 47.1. The van der Waals surface area contributed by atoms with Gasteiger partial charge in [0.1, 0.15) is 11.5 Å². The van der Waals surface area contributed by atoms with Gasteiger partial charge in [-0.2, -0.15) is 0 Å². The van der Waals surface area contributed by atoms with Crippen LogP contribution >= 0.6 is 11.8 Å². The van der Waals surface area contributed by atoms with E-state index in [0.29, 0.717) is 48.3 Å². The first kappa shape index (κ1) is 27.9. The largest absolute Gasteiger partial charge is 0.496 e. The monoisotopic (exact) mass is 563 g/mol. The summed E-state index contributed by atoms with van der Waals surface area (Å²) in [4.78, 5) is 13.4. The van der Waals surface area contributed by atoms with Crippen molar-refractivity contribution in [3.05, 3.63) is 48.4 Å². The molecule has 204 valence electrons. The number of hydrogen-bond donors (Lipinski definition) is 2. The molecule has 0 aliphatic carbocycles. The summed E-state index contributed by atoms with van der Waals surface area (Å²) in [5.74, 6) is 1.01. The third-order valence-corrected chi connectivity index (χ3v) is 9.61. The maximum atomic E-state index is 13.3. The number of carbonyl (C=O) groups is 1. The summed E-state index contributed by atoms with van der Waals surface area (Å²) >= 11 is 1.61. The molecule has 1 amide bonds. The second-order valence-electron chi connectivity index (χ2n) is 8.54. The minimum Gasteiger partial charge on any atom is -0.496 e. The number of benzene rings is 2. The number of amides is 1. The number of rotatable bonds is 11. The van der Waals surface area contributed by atoms with Crippen molar-refractivity contribution in [3.8, 4) is 23.0 Å². The van der Waals surface area contributed by atoms with Crippen LogP contribution in [0.3, 0.4) is 0 Å². The Morgan fingerprint density at radius 3 is 2.55 bits per heavy atom. The van der Waals surface area contributed by atoms with Crippen LogP contribution in [0.4, 0.5) is 0 Å². The summed E-state index contributed by atoms with van der Waals surface area (Å²) in [5.41, 5.74) is 2.23. The standard InChI is InChI=1S/C25H29N3O8S2/c1-33-21-16-18(37-2)7-10-20(21)23-27-26-22(36-23)4-3-13-35-17-5-8-19(9-6-17)38(31,32)25(24(29)28-30)11-14-34-15-12-25/h5-10,16,30H,3-4,11-15H2,1-2H3,(H,28,29). The van der Waals surface area contributed by atoms with E-state index in [4.69, 9.17) is 23.8 Å². The molecule has 0 bridgehead atoms. The first-order valence-electron chi connectivity index (χ1n) is 11.9. The Morgan fingerprint density at radius 1 is 1.16 bits per heavy atom. The van der Waals surface area contributed by atoms with E-state index in [1.165, 1.54) is 29.7 Å². The van der Waals surface area contributed by atoms with Gasteiger partial charge in [0, 0.05) is 24.5 Å². The zero-order valence-electron chi connectivity index (χ0n) is 21.0. The van der Waals surface area contributed by atoms with Gasteiger partial charge in [0.15, 0.2) is 14.6 Å². The van der Waals surface area contributed by atoms with Crippen LogP contribution in [0.25, 0.3) is 11.5 Å². The lowest BCUT2D eigenvalue weighted by atomic mass is 9.98. The van der Waals surface area contributed by atoms with Crippen LogP contribution in [0.15, 0.2) is 56.7 Å². The number of aryl methyl sites for hydroxylation is 1. The predicted molar refractivity (Wildman–Crippen MR) is 138 cm³/mol. The van der Waals surface area contributed by atoms with Crippen molar-refractivity contribution in [3.63, 3.8) is 0 Å². The highest BCUT2D eigenvalue weighted by molar-refractivity contribution is 7.98. The maximum absolute atomic E-state index is 13.3. The van der Waals surface area contributed by atoms with Gasteiger partial charge < -0.3 is 18.6 Å². The molecule has 2 N–H and O–H groups in total. The molecule has 1 aliphatic heterocycles. The number of nitrogens with zero attached hydrogens (tertiary/aromatic N) is 2. The highest BCUT2D eigenvalue weighted by Gasteiger charge is 2.52. The highest BCUT2D eigenvalue weighted by Crippen LogP contribution is 2.36. The van der Waals surface area contributed by atoms with Crippen LogP contribution in [0, 0.1) is 0 Å². The lowest BCUT2D eigenvalue weighted by Gasteiger charge is -2.34. The van der Waals surface area contributed by atoms with Crippen molar-refractivity contribution in [1.82, 2.24) is 15.7 Å². The molecular weight excluding hydrogens is 534 g/mol. The van der Waals surface area contributed by atoms with Gasteiger partial charge in [-0.15, -0.1) is 22.0 Å². The van der Waals surface area contributed by atoms with Crippen LogP contribution in [-0.4, -0.2) is 67.7 Å². The molecule has 0 saturated carbocycles. The first-order chi connectivity index (χ1) is 18.3. The molecule has 13 heteroatoms. The fraction of sp³-hybridized carbons (Fsp3) is 0.400. The smallest absolute Gasteiger partial charge is 0.265 e. The van der Waals surface area contributed by atoms with Crippen LogP contribution in [0.1, 0.15) is 25.2 Å². The summed E-state index contributed by atoms with van der Waals surface area (Å²) in [7, 11) is -2.50. The summed E-state index contributed by atoms with van der Waals surface area (Å²) in [6.07, 6.45) is 2.97.